The fourth-order valence-electron chi connectivity index (χ4n) is 1.84. The maximum absolute atomic E-state index is 11.6. The quantitative estimate of drug-likeness (QED) is 0.854. The minimum Gasteiger partial charge on any atom is -0.497 e. The van der Waals surface area contributed by atoms with Gasteiger partial charge in [0.1, 0.15) is 11.5 Å². The van der Waals surface area contributed by atoms with E-state index in [-0.39, 0.29) is 5.09 Å². The van der Waals surface area contributed by atoms with Crippen molar-refractivity contribution in [2.24, 2.45) is 0 Å². The number of hydrogen-bond acceptors (Lipinski definition) is 5. The van der Waals surface area contributed by atoms with Crippen molar-refractivity contribution in [1.82, 2.24) is 4.72 Å². The number of aryl methyl sites for hydroxylation is 1. The van der Waals surface area contributed by atoms with Gasteiger partial charge in [0.2, 0.25) is 5.09 Å². The van der Waals surface area contributed by atoms with Crippen LogP contribution in [0, 0.1) is 6.92 Å². The van der Waals surface area contributed by atoms with Gasteiger partial charge >= 0.3 is 0 Å². The van der Waals surface area contributed by atoms with Crippen molar-refractivity contribution in [2.45, 2.75) is 18.6 Å². The van der Waals surface area contributed by atoms with E-state index in [1.165, 1.54) is 13.1 Å². The van der Waals surface area contributed by atoms with Crippen molar-refractivity contribution in [1.29, 1.82) is 0 Å². The third-order valence-electron chi connectivity index (χ3n) is 3.06. The lowest BCUT2D eigenvalue weighted by Crippen LogP contribution is -2.17. The number of hydrogen-bond donors (Lipinski definition) is 2. The van der Waals surface area contributed by atoms with Crippen LogP contribution in [0.15, 0.2) is 39.8 Å². The molecule has 0 amide bonds. The largest absolute Gasteiger partial charge is 0.497 e. The average Bonchev–Trinajstić information content (AvgIpc) is 2.95. The molecule has 2 aromatic rings. The monoisotopic (exact) mass is 310 g/mol. The summed E-state index contributed by atoms with van der Waals surface area (Å²) < 4.78 is 35.8. The molecule has 6 nitrogen and oxygen atoms in total. The van der Waals surface area contributed by atoms with Gasteiger partial charge in [0.05, 0.1) is 13.7 Å². The van der Waals surface area contributed by atoms with Crippen LogP contribution < -0.4 is 14.8 Å². The van der Waals surface area contributed by atoms with Crippen LogP contribution in [0.25, 0.3) is 0 Å². The summed E-state index contributed by atoms with van der Waals surface area (Å²) in [6, 6.07) is 8.75. The number of furan rings is 1. The van der Waals surface area contributed by atoms with Gasteiger partial charge < -0.3 is 14.5 Å². The number of rotatable bonds is 6. The van der Waals surface area contributed by atoms with E-state index in [9.17, 15) is 8.42 Å². The Morgan fingerprint density at radius 2 is 2.00 bits per heavy atom. The highest BCUT2D eigenvalue weighted by Gasteiger charge is 2.16. The van der Waals surface area contributed by atoms with Crippen LogP contribution in [0.3, 0.4) is 0 Å². The Balaban J connectivity index is 2.07. The van der Waals surface area contributed by atoms with Gasteiger partial charge in [-0.25, -0.2) is 13.1 Å². The van der Waals surface area contributed by atoms with E-state index in [4.69, 9.17) is 9.15 Å². The second kappa shape index (κ2) is 6.19. The van der Waals surface area contributed by atoms with Gasteiger partial charge in [-0.05, 0) is 49.9 Å². The molecule has 0 aliphatic heterocycles. The molecule has 0 aliphatic carbocycles. The molecule has 0 unspecified atom stereocenters. The van der Waals surface area contributed by atoms with E-state index in [2.05, 4.69) is 10.0 Å². The maximum atomic E-state index is 11.6. The zero-order chi connectivity index (χ0) is 15.5. The Labute approximate surface area is 124 Å². The molecule has 0 fully saturated rings. The molecule has 1 heterocycles. The fraction of sp³-hybridized carbons (Fsp3) is 0.286. The highest BCUT2D eigenvalue weighted by Crippen LogP contribution is 2.22. The highest BCUT2D eigenvalue weighted by atomic mass is 32.2. The molecule has 0 radical (unpaired) electrons. The third kappa shape index (κ3) is 3.56. The van der Waals surface area contributed by atoms with Crippen molar-refractivity contribution < 1.29 is 17.6 Å². The lowest BCUT2D eigenvalue weighted by atomic mass is 10.2. The highest BCUT2D eigenvalue weighted by molar-refractivity contribution is 7.89. The van der Waals surface area contributed by atoms with E-state index in [0.29, 0.717) is 12.3 Å². The smallest absolute Gasteiger partial charge is 0.273 e. The van der Waals surface area contributed by atoms with E-state index in [0.717, 1.165) is 17.0 Å². The Hall–Kier alpha value is -1.99. The zero-order valence-electron chi connectivity index (χ0n) is 12.1. The van der Waals surface area contributed by atoms with Crippen LogP contribution in [0.5, 0.6) is 5.75 Å². The fourth-order valence-corrected chi connectivity index (χ4v) is 2.51. The number of ether oxygens (including phenoxy) is 1. The normalized spacial score (nSPS) is 11.4. The summed E-state index contributed by atoms with van der Waals surface area (Å²) in [7, 11) is -0.575. The number of anilines is 1. The van der Waals surface area contributed by atoms with Crippen LogP contribution in [0.2, 0.25) is 0 Å². The lowest BCUT2D eigenvalue weighted by molar-refractivity contribution is 0.414. The van der Waals surface area contributed by atoms with Gasteiger partial charge in [0.25, 0.3) is 10.0 Å². The van der Waals surface area contributed by atoms with Gasteiger partial charge in [0.15, 0.2) is 0 Å². The summed E-state index contributed by atoms with van der Waals surface area (Å²) in [6.45, 7) is 2.36. The third-order valence-corrected chi connectivity index (χ3v) is 4.34. The SMILES string of the molecule is CNS(=O)(=O)c1ccc(CNc2ccc(OC)cc2C)o1. The van der Waals surface area contributed by atoms with Crippen molar-refractivity contribution in [3.8, 4) is 5.75 Å². The minimum absolute atomic E-state index is 0.0896. The maximum Gasteiger partial charge on any atom is 0.273 e. The predicted octanol–water partition coefficient (Wildman–Crippen LogP) is 2.12. The van der Waals surface area contributed by atoms with Crippen LogP contribution in [-0.2, 0) is 16.6 Å². The molecule has 7 heteroatoms. The summed E-state index contributed by atoms with van der Waals surface area (Å²) in [5.41, 5.74) is 1.97. The first-order valence-corrected chi connectivity index (χ1v) is 7.85. The summed E-state index contributed by atoms with van der Waals surface area (Å²) in [4.78, 5) is 0. The molecule has 1 aromatic heterocycles. The van der Waals surface area contributed by atoms with Crippen LogP contribution in [0.1, 0.15) is 11.3 Å². The van der Waals surface area contributed by atoms with Gasteiger partial charge in [-0.2, -0.15) is 0 Å². The van der Waals surface area contributed by atoms with E-state index in [1.54, 1.807) is 13.2 Å². The Kier molecular flexibility index (Phi) is 4.54. The number of nitrogens with one attached hydrogen (secondary N) is 2. The number of benzene rings is 1. The standard InChI is InChI=1S/C14H18N2O4S/c1-10-8-11(19-3)4-6-13(10)16-9-12-5-7-14(20-12)21(17,18)15-2/h4-8,15-16H,9H2,1-3H3. The van der Waals surface area contributed by atoms with Crippen molar-refractivity contribution in [3.05, 3.63) is 41.7 Å². The molecule has 21 heavy (non-hydrogen) atoms. The summed E-state index contributed by atoms with van der Waals surface area (Å²) in [6.07, 6.45) is 0. The summed E-state index contributed by atoms with van der Waals surface area (Å²) in [5, 5.41) is 3.11. The van der Waals surface area contributed by atoms with Crippen LogP contribution >= 0.6 is 0 Å². The lowest BCUT2D eigenvalue weighted by Gasteiger charge is -2.09. The van der Waals surface area contributed by atoms with E-state index in [1.807, 2.05) is 25.1 Å². The molecule has 0 saturated carbocycles. The topological polar surface area (TPSA) is 80.6 Å². The number of sulfonamides is 1. The molecule has 0 bridgehead atoms. The van der Waals surface area contributed by atoms with Gasteiger partial charge in [-0.15, -0.1) is 0 Å². The summed E-state index contributed by atoms with van der Waals surface area (Å²) in [5.74, 6) is 1.33. The van der Waals surface area contributed by atoms with Gasteiger partial charge in [0, 0.05) is 5.69 Å². The minimum atomic E-state index is -3.54. The molecular formula is C14H18N2O4S. The first kappa shape index (κ1) is 15.4. The second-order valence-corrected chi connectivity index (χ2v) is 6.28. The first-order valence-electron chi connectivity index (χ1n) is 6.37. The Morgan fingerprint density at radius 1 is 1.24 bits per heavy atom. The number of methoxy groups -OCH3 is 1. The predicted molar refractivity (Wildman–Crippen MR) is 80.0 cm³/mol. The van der Waals surface area contributed by atoms with E-state index < -0.39 is 10.0 Å². The molecule has 0 saturated heterocycles. The summed E-state index contributed by atoms with van der Waals surface area (Å²) >= 11 is 0. The van der Waals surface area contributed by atoms with Crippen LogP contribution in [0.4, 0.5) is 5.69 Å². The molecule has 0 aliphatic rings. The Bertz CT molecular complexity index is 722. The van der Waals surface area contributed by atoms with Crippen LogP contribution in [-0.4, -0.2) is 22.6 Å². The van der Waals surface area contributed by atoms with Crippen molar-refractivity contribution in [3.63, 3.8) is 0 Å². The molecule has 0 spiro atoms. The first-order chi connectivity index (χ1) is 9.96. The second-order valence-electron chi connectivity index (χ2n) is 4.46. The molecule has 0 atom stereocenters. The molecule has 2 rings (SSSR count). The molecule has 1 aromatic carbocycles. The molecule has 114 valence electrons. The van der Waals surface area contributed by atoms with Crippen molar-refractivity contribution >= 4 is 15.7 Å². The van der Waals surface area contributed by atoms with Crippen molar-refractivity contribution in [2.75, 3.05) is 19.5 Å². The Morgan fingerprint density at radius 3 is 2.62 bits per heavy atom. The van der Waals surface area contributed by atoms with Gasteiger partial charge in [-0.3, -0.25) is 0 Å². The average molecular weight is 310 g/mol. The van der Waals surface area contributed by atoms with E-state index >= 15 is 0 Å². The zero-order valence-corrected chi connectivity index (χ0v) is 13.0. The molecule has 2 N–H and O–H groups in total. The molecular weight excluding hydrogens is 292 g/mol. The van der Waals surface area contributed by atoms with Gasteiger partial charge in [-0.1, -0.05) is 0 Å².